The van der Waals surface area contributed by atoms with Crippen molar-refractivity contribution < 1.29 is 4.79 Å². The van der Waals surface area contributed by atoms with Crippen LogP contribution in [0.25, 0.3) is 5.57 Å². The minimum atomic E-state index is -0.137. The fraction of sp³-hybridized carbons (Fsp3) is 0.250. The molecule has 0 aromatic heterocycles. The number of allylic oxidation sites excluding steroid dienone is 2. The topological polar surface area (TPSA) is 17.1 Å². The van der Waals surface area contributed by atoms with Crippen LogP contribution in [0.15, 0.2) is 48.5 Å². The molecule has 0 unspecified atom stereocenters. The Labute approximate surface area is 126 Å². The molecule has 0 spiro atoms. The first kappa shape index (κ1) is 13.8. The standard InChI is InChI=1S/C20H20O/c1-5-13(2)14-10-11-18-16(12-14)19(21)15-8-6-7-9-17(15)20(18,3)4/h5-12H,1-4H3. The predicted molar refractivity (Wildman–Crippen MR) is 87.8 cm³/mol. The van der Waals surface area contributed by atoms with Gasteiger partial charge < -0.3 is 0 Å². The molecule has 0 fully saturated rings. The second-order valence-corrected chi connectivity index (χ2v) is 6.23. The van der Waals surface area contributed by atoms with Gasteiger partial charge in [-0.2, -0.15) is 0 Å². The molecule has 2 aromatic carbocycles. The van der Waals surface area contributed by atoms with Crippen molar-refractivity contribution in [3.05, 3.63) is 76.4 Å². The van der Waals surface area contributed by atoms with Gasteiger partial charge >= 0.3 is 0 Å². The Morgan fingerprint density at radius 3 is 2.38 bits per heavy atom. The number of hydrogen-bond donors (Lipinski definition) is 0. The van der Waals surface area contributed by atoms with Crippen LogP contribution in [0.2, 0.25) is 0 Å². The van der Waals surface area contributed by atoms with E-state index in [1.807, 2.05) is 31.2 Å². The van der Waals surface area contributed by atoms with Crippen LogP contribution in [0.4, 0.5) is 0 Å². The average Bonchev–Trinajstić information content (AvgIpc) is 2.51. The number of rotatable bonds is 1. The van der Waals surface area contributed by atoms with Crippen molar-refractivity contribution >= 4 is 11.4 Å². The van der Waals surface area contributed by atoms with Crippen LogP contribution in [0.5, 0.6) is 0 Å². The summed E-state index contributed by atoms with van der Waals surface area (Å²) < 4.78 is 0. The zero-order chi connectivity index (χ0) is 15.2. The molecule has 0 amide bonds. The summed E-state index contributed by atoms with van der Waals surface area (Å²) in [6.45, 7) is 8.49. The summed E-state index contributed by atoms with van der Waals surface area (Å²) >= 11 is 0. The number of fused-ring (bicyclic) bond motifs is 2. The fourth-order valence-electron chi connectivity index (χ4n) is 3.21. The number of carbonyl (C=O) groups is 1. The van der Waals surface area contributed by atoms with Gasteiger partial charge in [0.15, 0.2) is 5.78 Å². The molecule has 0 saturated carbocycles. The van der Waals surface area contributed by atoms with E-state index in [1.165, 1.54) is 5.57 Å². The second kappa shape index (κ2) is 4.70. The van der Waals surface area contributed by atoms with Crippen LogP contribution in [0.1, 0.15) is 60.3 Å². The van der Waals surface area contributed by atoms with Crippen LogP contribution in [0, 0.1) is 0 Å². The Kier molecular flexibility index (Phi) is 3.09. The van der Waals surface area contributed by atoms with Crippen LogP contribution in [0.3, 0.4) is 0 Å². The van der Waals surface area contributed by atoms with Gasteiger partial charge in [-0.25, -0.2) is 0 Å². The molecular formula is C20H20O. The monoisotopic (exact) mass is 276 g/mol. The number of benzene rings is 2. The van der Waals surface area contributed by atoms with E-state index in [2.05, 4.69) is 45.0 Å². The highest BCUT2D eigenvalue weighted by Crippen LogP contribution is 2.41. The molecule has 1 nitrogen and oxygen atoms in total. The third-order valence-corrected chi connectivity index (χ3v) is 4.67. The van der Waals surface area contributed by atoms with Crippen molar-refractivity contribution in [1.29, 1.82) is 0 Å². The molecule has 0 aliphatic heterocycles. The number of ketones is 1. The van der Waals surface area contributed by atoms with Gasteiger partial charge in [-0.05, 0) is 42.2 Å². The first-order valence-electron chi connectivity index (χ1n) is 7.39. The van der Waals surface area contributed by atoms with Gasteiger partial charge in [-0.3, -0.25) is 4.79 Å². The van der Waals surface area contributed by atoms with Crippen LogP contribution >= 0.6 is 0 Å². The highest BCUT2D eigenvalue weighted by atomic mass is 16.1. The lowest BCUT2D eigenvalue weighted by atomic mass is 9.68. The van der Waals surface area contributed by atoms with E-state index in [9.17, 15) is 4.79 Å². The Morgan fingerprint density at radius 2 is 1.67 bits per heavy atom. The molecule has 106 valence electrons. The van der Waals surface area contributed by atoms with Crippen molar-refractivity contribution in [2.45, 2.75) is 33.1 Å². The average molecular weight is 276 g/mol. The van der Waals surface area contributed by atoms with Crippen LogP contribution < -0.4 is 0 Å². The zero-order valence-corrected chi connectivity index (χ0v) is 13.0. The first-order valence-corrected chi connectivity index (χ1v) is 7.39. The maximum Gasteiger partial charge on any atom is 0.193 e. The van der Waals surface area contributed by atoms with Crippen molar-refractivity contribution in [1.82, 2.24) is 0 Å². The summed E-state index contributed by atoms with van der Waals surface area (Å²) in [7, 11) is 0. The molecule has 3 rings (SSSR count). The summed E-state index contributed by atoms with van der Waals surface area (Å²) in [4.78, 5) is 12.8. The number of carbonyl (C=O) groups excluding carboxylic acids is 1. The minimum absolute atomic E-state index is 0.137. The van der Waals surface area contributed by atoms with E-state index < -0.39 is 0 Å². The van der Waals surface area contributed by atoms with Gasteiger partial charge in [-0.1, -0.05) is 56.3 Å². The van der Waals surface area contributed by atoms with E-state index in [0.29, 0.717) is 0 Å². The normalized spacial score (nSPS) is 16.4. The third kappa shape index (κ3) is 1.96. The first-order chi connectivity index (χ1) is 9.96. The lowest BCUT2D eigenvalue weighted by Crippen LogP contribution is -2.30. The summed E-state index contributed by atoms with van der Waals surface area (Å²) in [6, 6.07) is 14.3. The fourth-order valence-corrected chi connectivity index (χ4v) is 3.21. The van der Waals surface area contributed by atoms with Gasteiger partial charge in [-0.15, -0.1) is 0 Å². The van der Waals surface area contributed by atoms with Crippen molar-refractivity contribution in [3.63, 3.8) is 0 Å². The predicted octanol–water partition coefficient (Wildman–Crippen LogP) is 4.98. The van der Waals surface area contributed by atoms with Gasteiger partial charge in [0.2, 0.25) is 0 Å². The minimum Gasteiger partial charge on any atom is -0.289 e. The molecule has 0 heterocycles. The van der Waals surface area contributed by atoms with Gasteiger partial charge in [0, 0.05) is 16.5 Å². The Balaban J connectivity index is 2.28. The lowest BCUT2D eigenvalue weighted by Gasteiger charge is -2.34. The van der Waals surface area contributed by atoms with Crippen LogP contribution in [-0.2, 0) is 5.41 Å². The summed E-state index contributed by atoms with van der Waals surface area (Å²) in [6.07, 6.45) is 2.08. The number of hydrogen-bond acceptors (Lipinski definition) is 1. The van der Waals surface area contributed by atoms with E-state index in [0.717, 1.165) is 27.8 Å². The Bertz CT molecular complexity index is 763. The molecule has 0 saturated heterocycles. The molecular weight excluding hydrogens is 256 g/mol. The molecule has 21 heavy (non-hydrogen) atoms. The molecule has 0 bridgehead atoms. The molecule has 1 heteroatoms. The van der Waals surface area contributed by atoms with Crippen molar-refractivity contribution in [3.8, 4) is 0 Å². The van der Waals surface area contributed by atoms with Gasteiger partial charge in [0.25, 0.3) is 0 Å². The van der Waals surface area contributed by atoms with Crippen molar-refractivity contribution in [2.24, 2.45) is 0 Å². The summed E-state index contributed by atoms with van der Waals surface area (Å²) in [5.41, 5.74) is 6.11. The van der Waals surface area contributed by atoms with Gasteiger partial charge in [0.1, 0.15) is 0 Å². The molecule has 0 atom stereocenters. The summed E-state index contributed by atoms with van der Waals surface area (Å²) in [5.74, 6) is 0.144. The van der Waals surface area contributed by atoms with E-state index >= 15 is 0 Å². The van der Waals surface area contributed by atoms with Crippen molar-refractivity contribution in [2.75, 3.05) is 0 Å². The largest absolute Gasteiger partial charge is 0.289 e. The third-order valence-electron chi connectivity index (χ3n) is 4.67. The summed E-state index contributed by atoms with van der Waals surface area (Å²) in [5, 5.41) is 0. The smallest absolute Gasteiger partial charge is 0.193 e. The Morgan fingerprint density at radius 1 is 1.00 bits per heavy atom. The van der Waals surface area contributed by atoms with Crippen LogP contribution in [-0.4, -0.2) is 5.78 Å². The maximum atomic E-state index is 12.8. The van der Waals surface area contributed by atoms with Gasteiger partial charge in [0.05, 0.1) is 0 Å². The maximum absolute atomic E-state index is 12.8. The Hall–Kier alpha value is -2.15. The molecule has 1 aliphatic rings. The highest BCUT2D eigenvalue weighted by Gasteiger charge is 2.36. The quantitative estimate of drug-likeness (QED) is 0.718. The van der Waals surface area contributed by atoms with E-state index in [-0.39, 0.29) is 11.2 Å². The second-order valence-electron chi connectivity index (χ2n) is 6.23. The highest BCUT2D eigenvalue weighted by molar-refractivity contribution is 6.13. The van der Waals surface area contributed by atoms with E-state index in [4.69, 9.17) is 0 Å². The van der Waals surface area contributed by atoms with E-state index in [1.54, 1.807) is 0 Å². The lowest BCUT2D eigenvalue weighted by molar-refractivity contribution is 0.103. The zero-order valence-electron chi connectivity index (χ0n) is 13.0. The molecule has 1 aliphatic carbocycles. The molecule has 0 radical (unpaired) electrons. The molecule has 0 N–H and O–H groups in total. The molecule has 2 aromatic rings. The SMILES string of the molecule is CC=C(C)c1ccc2c(c1)C(=O)c1ccccc1C2(C)C.